The number of nitrogens with one attached hydrogen (secondary N) is 1. The Hall–Kier alpha value is -1.26. The highest BCUT2D eigenvalue weighted by atomic mass is 16.5. The van der Waals surface area contributed by atoms with Crippen LogP contribution in [0.15, 0.2) is 18.2 Å². The highest BCUT2D eigenvalue weighted by molar-refractivity contribution is 5.47. The highest BCUT2D eigenvalue weighted by Gasteiger charge is 2.20. The quantitative estimate of drug-likeness (QED) is 0.889. The van der Waals surface area contributed by atoms with Crippen molar-refractivity contribution in [2.45, 2.75) is 50.8 Å². The molecule has 2 aliphatic rings. The summed E-state index contributed by atoms with van der Waals surface area (Å²) in [6, 6.07) is 6.59. The molecule has 0 unspecified atom stereocenters. The molecule has 0 bridgehead atoms. The van der Waals surface area contributed by atoms with Crippen molar-refractivity contribution in [2.75, 3.05) is 13.2 Å². The van der Waals surface area contributed by atoms with Gasteiger partial charge in [0.1, 0.15) is 0 Å². The minimum absolute atomic E-state index is 0.0993. The second-order valence-corrected chi connectivity index (χ2v) is 5.68. The summed E-state index contributed by atoms with van der Waals surface area (Å²) in [5, 5.41) is 13.1. The monoisotopic (exact) mass is 277 g/mol. The van der Waals surface area contributed by atoms with Crippen molar-refractivity contribution in [3.63, 3.8) is 0 Å². The molecule has 4 heteroatoms. The minimum atomic E-state index is -0.0993. The van der Waals surface area contributed by atoms with E-state index in [0.29, 0.717) is 6.04 Å². The number of benzene rings is 1. The molecular formula is C16H23NO3. The van der Waals surface area contributed by atoms with Crippen molar-refractivity contribution >= 4 is 0 Å². The maximum Gasteiger partial charge on any atom is 0.165 e. The van der Waals surface area contributed by atoms with Crippen LogP contribution < -0.4 is 14.8 Å². The zero-order valence-electron chi connectivity index (χ0n) is 11.8. The molecule has 0 radical (unpaired) electrons. The normalized spacial score (nSPS) is 26.1. The van der Waals surface area contributed by atoms with Crippen molar-refractivity contribution in [3.05, 3.63) is 23.8 Å². The predicted molar refractivity (Wildman–Crippen MR) is 77.2 cm³/mol. The van der Waals surface area contributed by atoms with Gasteiger partial charge in [0.15, 0.2) is 11.5 Å². The van der Waals surface area contributed by atoms with E-state index in [4.69, 9.17) is 9.47 Å². The maximum atomic E-state index is 9.54. The van der Waals surface area contributed by atoms with Crippen molar-refractivity contribution in [1.82, 2.24) is 5.32 Å². The Kier molecular flexibility index (Phi) is 4.43. The Bertz CT molecular complexity index is 441. The van der Waals surface area contributed by atoms with E-state index < -0.39 is 0 Å². The Balaban J connectivity index is 1.62. The number of para-hydroxylation sites is 1. The molecule has 1 aliphatic carbocycles. The largest absolute Gasteiger partial charge is 0.490 e. The molecule has 0 saturated heterocycles. The number of ether oxygens (including phenoxy) is 2. The zero-order chi connectivity index (χ0) is 13.8. The molecule has 1 fully saturated rings. The van der Waals surface area contributed by atoms with E-state index >= 15 is 0 Å². The van der Waals surface area contributed by atoms with Crippen LogP contribution in [0.25, 0.3) is 0 Å². The first-order valence-corrected chi connectivity index (χ1v) is 7.62. The highest BCUT2D eigenvalue weighted by Crippen LogP contribution is 2.33. The summed E-state index contributed by atoms with van der Waals surface area (Å²) < 4.78 is 11.5. The summed E-state index contributed by atoms with van der Waals surface area (Å²) in [4.78, 5) is 0. The van der Waals surface area contributed by atoms with Crippen LogP contribution >= 0.6 is 0 Å². The fraction of sp³-hybridized carbons (Fsp3) is 0.625. The zero-order valence-corrected chi connectivity index (χ0v) is 11.8. The lowest BCUT2D eigenvalue weighted by molar-refractivity contribution is 0.116. The molecular weight excluding hydrogens is 254 g/mol. The Morgan fingerprint density at radius 1 is 1.10 bits per heavy atom. The molecule has 4 nitrogen and oxygen atoms in total. The summed E-state index contributed by atoms with van der Waals surface area (Å²) in [6.45, 7) is 2.25. The number of rotatable bonds is 3. The standard InChI is InChI=1S/C16H23NO3/c18-14-7-5-13(6-8-14)17-11-12-3-1-4-15-16(12)20-10-2-9-19-15/h1,3-4,13-14,17-18H,2,5-11H2. The molecule has 2 N–H and O–H groups in total. The third-order valence-electron chi connectivity index (χ3n) is 4.13. The van der Waals surface area contributed by atoms with Gasteiger partial charge in [-0.25, -0.2) is 0 Å². The van der Waals surface area contributed by atoms with Gasteiger partial charge in [-0.2, -0.15) is 0 Å². The van der Waals surface area contributed by atoms with Gasteiger partial charge in [-0.05, 0) is 31.7 Å². The maximum absolute atomic E-state index is 9.54. The first-order chi connectivity index (χ1) is 9.83. The van der Waals surface area contributed by atoms with Crippen molar-refractivity contribution in [1.29, 1.82) is 0 Å². The molecule has 0 aromatic heterocycles. The average molecular weight is 277 g/mol. The van der Waals surface area contributed by atoms with Gasteiger partial charge in [-0.1, -0.05) is 12.1 Å². The first-order valence-electron chi connectivity index (χ1n) is 7.62. The predicted octanol–water partition coefficient (Wildman–Crippen LogP) is 2.24. The van der Waals surface area contributed by atoms with Crippen LogP contribution in [0.5, 0.6) is 11.5 Å². The summed E-state index contributed by atoms with van der Waals surface area (Å²) in [6.07, 6.45) is 4.75. The number of fused-ring (bicyclic) bond motifs is 1. The summed E-state index contributed by atoms with van der Waals surface area (Å²) in [5.41, 5.74) is 1.16. The topological polar surface area (TPSA) is 50.7 Å². The van der Waals surface area contributed by atoms with Crippen LogP contribution in [0, 0.1) is 0 Å². The summed E-state index contributed by atoms with van der Waals surface area (Å²) in [7, 11) is 0. The molecule has 1 aromatic carbocycles. The molecule has 0 atom stereocenters. The lowest BCUT2D eigenvalue weighted by Crippen LogP contribution is -2.34. The SMILES string of the molecule is OC1CCC(NCc2cccc3c2OCCCO3)CC1. The molecule has 3 rings (SSSR count). The van der Waals surface area contributed by atoms with Crippen LogP contribution in [-0.4, -0.2) is 30.5 Å². The molecule has 1 saturated carbocycles. The first kappa shape index (κ1) is 13.7. The van der Waals surface area contributed by atoms with Crippen LogP contribution in [-0.2, 0) is 6.54 Å². The van der Waals surface area contributed by atoms with Gasteiger partial charge < -0.3 is 19.9 Å². The molecule has 1 heterocycles. The van der Waals surface area contributed by atoms with Crippen molar-refractivity contribution in [3.8, 4) is 11.5 Å². The van der Waals surface area contributed by atoms with Crippen molar-refractivity contribution in [2.24, 2.45) is 0 Å². The number of aliphatic hydroxyl groups is 1. The van der Waals surface area contributed by atoms with Gasteiger partial charge in [0.25, 0.3) is 0 Å². The van der Waals surface area contributed by atoms with E-state index in [9.17, 15) is 5.11 Å². The van der Waals surface area contributed by atoms with Gasteiger partial charge in [0, 0.05) is 24.6 Å². The summed E-state index contributed by atoms with van der Waals surface area (Å²) in [5.74, 6) is 1.76. The van der Waals surface area contributed by atoms with Gasteiger partial charge in [-0.3, -0.25) is 0 Å². The van der Waals surface area contributed by atoms with Gasteiger partial charge in [0.05, 0.1) is 19.3 Å². The fourth-order valence-electron chi connectivity index (χ4n) is 2.93. The van der Waals surface area contributed by atoms with Crippen LogP contribution in [0.3, 0.4) is 0 Å². The number of hydrogen-bond acceptors (Lipinski definition) is 4. The summed E-state index contributed by atoms with van der Waals surface area (Å²) >= 11 is 0. The van der Waals surface area contributed by atoms with E-state index in [2.05, 4.69) is 11.4 Å². The fourth-order valence-corrected chi connectivity index (χ4v) is 2.93. The molecule has 0 spiro atoms. The molecule has 1 aliphatic heterocycles. The van der Waals surface area contributed by atoms with Gasteiger partial charge >= 0.3 is 0 Å². The Morgan fingerprint density at radius 2 is 1.90 bits per heavy atom. The number of aliphatic hydroxyl groups excluding tert-OH is 1. The average Bonchev–Trinajstić information content (AvgIpc) is 2.72. The lowest BCUT2D eigenvalue weighted by Gasteiger charge is -2.26. The van der Waals surface area contributed by atoms with Gasteiger partial charge in [0.2, 0.25) is 0 Å². The van der Waals surface area contributed by atoms with Crippen LogP contribution in [0.2, 0.25) is 0 Å². The van der Waals surface area contributed by atoms with Crippen molar-refractivity contribution < 1.29 is 14.6 Å². The van der Waals surface area contributed by atoms with Crippen LogP contribution in [0.1, 0.15) is 37.7 Å². The number of hydrogen-bond donors (Lipinski definition) is 2. The molecule has 0 amide bonds. The third kappa shape index (κ3) is 3.25. The van der Waals surface area contributed by atoms with E-state index in [-0.39, 0.29) is 6.10 Å². The molecule has 1 aromatic rings. The minimum Gasteiger partial charge on any atom is -0.490 e. The smallest absolute Gasteiger partial charge is 0.165 e. The second-order valence-electron chi connectivity index (χ2n) is 5.68. The van der Waals surface area contributed by atoms with E-state index in [0.717, 1.165) is 68.9 Å². The Labute approximate surface area is 120 Å². The molecule has 20 heavy (non-hydrogen) atoms. The second kappa shape index (κ2) is 6.46. The van der Waals surface area contributed by atoms with Gasteiger partial charge in [-0.15, -0.1) is 0 Å². The van der Waals surface area contributed by atoms with E-state index in [1.165, 1.54) is 0 Å². The Morgan fingerprint density at radius 3 is 2.75 bits per heavy atom. The lowest BCUT2D eigenvalue weighted by atomic mass is 9.93. The van der Waals surface area contributed by atoms with Crippen LogP contribution in [0.4, 0.5) is 0 Å². The van der Waals surface area contributed by atoms with E-state index in [1.54, 1.807) is 0 Å². The third-order valence-corrected chi connectivity index (χ3v) is 4.13. The van der Waals surface area contributed by atoms with E-state index in [1.807, 2.05) is 12.1 Å². The molecule has 110 valence electrons.